The highest BCUT2D eigenvalue weighted by Crippen LogP contribution is 2.26. The summed E-state index contributed by atoms with van der Waals surface area (Å²) in [6, 6.07) is 18.0. The Labute approximate surface area is 127 Å². The van der Waals surface area contributed by atoms with Crippen LogP contribution in [0, 0.1) is 0 Å². The molecule has 0 saturated carbocycles. The Hall–Kier alpha value is -2.52. The minimum absolute atomic E-state index is 0.135. The molecule has 1 N–H and O–H groups in total. The van der Waals surface area contributed by atoms with Crippen LogP contribution in [0.15, 0.2) is 70.1 Å². The number of furan rings is 1. The van der Waals surface area contributed by atoms with Crippen molar-refractivity contribution in [3.8, 4) is 17.1 Å². The Morgan fingerprint density at radius 1 is 1.00 bits per heavy atom. The van der Waals surface area contributed by atoms with Crippen LogP contribution in [-0.4, -0.2) is 11.3 Å². The van der Waals surface area contributed by atoms with E-state index in [1.54, 1.807) is 24.4 Å². The molecular formula is C17H12ClNO2. The maximum Gasteiger partial charge on any atom is 0.145 e. The van der Waals surface area contributed by atoms with Crippen molar-refractivity contribution in [3.63, 3.8) is 0 Å². The first-order valence-corrected chi connectivity index (χ1v) is 6.78. The Kier molecular flexibility index (Phi) is 3.75. The lowest BCUT2D eigenvalue weighted by Crippen LogP contribution is -1.76. The molecule has 21 heavy (non-hydrogen) atoms. The zero-order chi connectivity index (χ0) is 14.7. The fourth-order valence-corrected chi connectivity index (χ4v) is 2.12. The van der Waals surface area contributed by atoms with Gasteiger partial charge in [-0.15, -0.1) is 0 Å². The lowest BCUT2D eigenvalue weighted by atomic mass is 10.2. The quantitative estimate of drug-likeness (QED) is 0.687. The topological polar surface area (TPSA) is 45.7 Å². The summed E-state index contributed by atoms with van der Waals surface area (Å²) in [6.07, 6.45) is 1.57. The second-order valence-corrected chi connectivity index (χ2v) is 4.90. The lowest BCUT2D eigenvalue weighted by molar-refractivity contribution is 0.477. The molecule has 0 aliphatic rings. The van der Waals surface area contributed by atoms with Crippen LogP contribution in [0.25, 0.3) is 11.3 Å². The molecule has 3 aromatic rings. The van der Waals surface area contributed by atoms with Crippen LogP contribution in [0.2, 0.25) is 5.02 Å². The third-order valence-corrected chi connectivity index (χ3v) is 3.18. The normalized spacial score (nSPS) is 11.1. The van der Waals surface area contributed by atoms with Crippen molar-refractivity contribution < 1.29 is 9.52 Å². The molecule has 1 aromatic heterocycles. The van der Waals surface area contributed by atoms with Crippen molar-refractivity contribution >= 4 is 23.5 Å². The van der Waals surface area contributed by atoms with Crippen LogP contribution >= 0.6 is 11.6 Å². The molecule has 4 heteroatoms. The van der Waals surface area contributed by atoms with E-state index in [1.165, 1.54) is 0 Å². The van der Waals surface area contributed by atoms with E-state index in [0.29, 0.717) is 16.5 Å². The van der Waals surface area contributed by atoms with Gasteiger partial charge in [-0.1, -0.05) is 35.9 Å². The van der Waals surface area contributed by atoms with E-state index in [2.05, 4.69) is 4.99 Å². The Bertz CT molecular complexity index is 793. The summed E-state index contributed by atoms with van der Waals surface area (Å²) in [5.74, 6) is 1.46. The van der Waals surface area contributed by atoms with Gasteiger partial charge in [0.1, 0.15) is 23.0 Å². The SMILES string of the molecule is Oc1ccccc1/N=C/c1ccc(-c2cccc(Cl)c2)o1. The van der Waals surface area contributed by atoms with Gasteiger partial charge in [-0.25, -0.2) is 4.99 Å². The smallest absolute Gasteiger partial charge is 0.145 e. The summed E-state index contributed by atoms with van der Waals surface area (Å²) in [5.41, 5.74) is 1.41. The van der Waals surface area contributed by atoms with Crippen molar-refractivity contribution in [2.75, 3.05) is 0 Å². The zero-order valence-electron chi connectivity index (χ0n) is 11.0. The number of para-hydroxylation sites is 2. The molecule has 0 fully saturated rings. The maximum absolute atomic E-state index is 9.64. The standard InChI is InChI=1S/C17H12ClNO2/c18-13-5-3-4-12(10-13)17-9-8-14(21-17)11-19-15-6-1-2-7-16(15)20/h1-11,20H/b19-11+. The largest absolute Gasteiger partial charge is 0.506 e. The lowest BCUT2D eigenvalue weighted by Gasteiger charge is -1.97. The molecule has 2 aromatic carbocycles. The molecule has 0 aliphatic carbocycles. The number of phenols is 1. The fraction of sp³-hybridized carbons (Fsp3) is 0. The molecule has 0 radical (unpaired) electrons. The van der Waals surface area contributed by atoms with Crippen LogP contribution < -0.4 is 0 Å². The monoisotopic (exact) mass is 297 g/mol. The number of phenolic OH excluding ortho intramolecular Hbond substituents is 1. The van der Waals surface area contributed by atoms with Gasteiger partial charge in [-0.2, -0.15) is 0 Å². The third-order valence-electron chi connectivity index (χ3n) is 2.95. The fourth-order valence-electron chi connectivity index (χ4n) is 1.93. The predicted octanol–water partition coefficient (Wildman–Crippen LogP) is 5.06. The first-order chi connectivity index (χ1) is 10.2. The predicted molar refractivity (Wildman–Crippen MR) is 84.5 cm³/mol. The van der Waals surface area contributed by atoms with Gasteiger partial charge >= 0.3 is 0 Å². The summed E-state index contributed by atoms with van der Waals surface area (Å²) in [4.78, 5) is 4.21. The molecule has 0 aliphatic heterocycles. The Morgan fingerprint density at radius 3 is 2.67 bits per heavy atom. The number of hydrogen-bond acceptors (Lipinski definition) is 3. The van der Waals surface area contributed by atoms with Crippen LogP contribution in [0.1, 0.15) is 5.76 Å². The molecule has 3 rings (SSSR count). The van der Waals surface area contributed by atoms with E-state index in [0.717, 1.165) is 11.3 Å². The van der Waals surface area contributed by atoms with Gasteiger partial charge in [0.25, 0.3) is 0 Å². The minimum Gasteiger partial charge on any atom is -0.506 e. The molecule has 0 unspecified atom stereocenters. The number of nitrogens with zero attached hydrogens (tertiary/aromatic N) is 1. The van der Waals surface area contributed by atoms with Crippen LogP contribution in [0.3, 0.4) is 0 Å². The van der Waals surface area contributed by atoms with Crippen molar-refractivity contribution in [2.24, 2.45) is 4.99 Å². The van der Waals surface area contributed by atoms with Gasteiger partial charge in [0.2, 0.25) is 0 Å². The van der Waals surface area contributed by atoms with E-state index < -0.39 is 0 Å². The van der Waals surface area contributed by atoms with Gasteiger partial charge in [-0.05, 0) is 36.4 Å². The molecule has 0 saturated heterocycles. The van der Waals surface area contributed by atoms with Crippen LogP contribution in [-0.2, 0) is 0 Å². The van der Waals surface area contributed by atoms with Gasteiger partial charge in [0.05, 0.1) is 6.21 Å². The number of benzene rings is 2. The summed E-state index contributed by atoms with van der Waals surface area (Å²) < 4.78 is 5.70. The van der Waals surface area contributed by atoms with Gasteiger partial charge < -0.3 is 9.52 Å². The highest BCUT2D eigenvalue weighted by atomic mass is 35.5. The number of halogens is 1. The van der Waals surface area contributed by atoms with Crippen molar-refractivity contribution in [3.05, 3.63) is 71.4 Å². The number of rotatable bonds is 3. The van der Waals surface area contributed by atoms with Gasteiger partial charge in [0, 0.05) is 10.6 Å². The number of aromatic hydroxyl groups is 1. The number of hydrogen-bond donors (Lipinski definition) is 1. The summed E-state index contributed by atoms with van der Waals surface area (Å²) in [5, 5.41) is 10.3. The van der Waals surface area contributed by atoms with E-state index in [-0.39, 0.29) is 5.75 Å². The molecule has 0 bridgehead atoms. The Balaban J connectivity index is 1.84. The van der Waals surface area contributed by atoms with E-state index >= 15 is 0 Å². The second kappa shape index (κ2) is 5.85. The van der Waals surface area contributed by atoms with Crippen molar-refractivity contribution in [1.29, 1.82) is 0 Å². The first-order valence-electron chi connectivity index (χ1n) is 6.40. The molecule has 0 amide bonds. The highest BCUT2D eigenvalue weighted by Gasteiger charge is 2.04. The van der Waals surface area contributed by atoms with E-state index in [4.69, 9.17) is 16.0 Å². The van der Waals surface area contributed by atoms with Crippen LogP contribution in [0.5, 0.6) is 5.75 Å². The van der Waals surface area contributed by atoms with Crippen molar-refractivity contribution in [2.45, 2.75) is 0 Å². The molecular weight excluding hydrogens is 286 g/mol. The van der Waals surface area contributed by atoms with Gasteiger partial charge in [0.15, 0.2) is 0 Å². The zero-order valence-corrected chi connectivity index (χ0v) is 11.8. The van der Waals surface area contributed by atoms with Crippen LogP contribution in [0.4, 0.5) is 5.69 Å². The van der Waals surface area contributed by atoms with E-state index in [1.807, 2.05) is 42.5 Å². The summed E-state index contributed by atoms with van der Waals surface area (Å²) >= 11 is 5.96. The van der Waals surface area contributed by atoms with Gasteiger partial charge in [-0.3, -0.25) is 0 Å². The highest BCUT2D eigenvalue weighted by molar-refractivity contribution is 6.30. The Morgan fingerprint density at radius 2 is 1.86 bits per heavy atom. The molecule has 1 heterocycles. The third kappa shape index (κ3) is 3.15. The molecule has 0 spiro atoms. The average molecular weight is 298 g/mol. The van der Waals surface area contributed by atoms with Crippen molar-refractivity contribution in [1.82, 2.24) is 0 Å². The molecule has 104 valence electrons. The summed E-state index contributed by atoms with van der Waals surface area (Å²) in [6.45, 7) is 0. The number of aliphatic imine (C=N–C) groups is 1. The van der Waals surface area contributed by atoms with E-state index in [9.17, 15) is 5.11 Å². The molecule has 3 nitrogen and oxygen atoms in total. The first kappa shape index (κ1) is 13.5. The maximum atomic E-state index is 9.64. The molecule has 0 atom stereocenters. The second-order valence-electron chi connectivity index (χ2n) is 4.46. The summed E-state index contributed by atoms with van der Waals surface area (Å²) in [7, 11) is 0. The minimum atomic E-state index is 0.135. The average Bonchev–Trinajstić information content (AvgIpc) is 2.95.